The first kappa shape index (κ1) is 23.3. The lowest BCUT2D eigenvalue weighted by atomic mass is 10.1. The molecule has 0 fully saturated rings. The zero-order valence-electron chi connectivity index (χ0n) is 17.5. The summed E-state index contributed by atoms with van der Waals surface area (Å²) in [7, 11) is 0. The third-order valence-electron chi connectivity index (χ3n) is 5.16. The van der Waals surface area contributed by atoms with Gasteiger partial charge in [-0.15, -0.1) is 23.7 Å². The van der Waals surface area contributed by atoms with Gasteiger partial charge in [0.05, 0.1) is 22.6 Å². The number of fused-ring (bicyclic) bond motifs is 1. The molecule has 0 amide bonds. The monoisotopic (exact) mass is 497 g/mol. The van der Waals surface area contributed by atoms with Gasteiger partial charge in [-0.2, -0.15) is 0 Å². The first-order valence-corrected chi connectivity index (χ1v) is 11.4. The quantitative estimate of drug-likeness (QED) is 0.272. The highest BCUT2D eigenvalue weighted by atomic mass is 35.5. The Labute approximate surface area is 206 Å². The first-order valence-electron chi connectivity index (χ1n) is 10.2. The molecule has 2 heterocycles. The molecule has 2 aromatic heterocycles. The molecule has 0 spiro atoms. The van der Waals surface area contributed by atoms with E-state index in [1.165, 1.54) is 0 Å². The molecular weight excluding hydrogens is 477 g/mol. The fourth-order valence-corrected chi connectivity index (χ4v) is 4.56. The van der Waals surface area contributed by atoms with Gasteiger partial charge in [-0.3, -0.25) is 0 Å². The average molecular weight is 498 g/mol. The van der Waals surface area contributed by atoms with Gasteiger partial charge < -0.3 is 14.8 Å². The maximum atomic E-state index is 9.56. The molecule has 5 nitrogen and oxygen atoms in total. The summed E-state index contributed by atoms with van der Waals surface area (Å²) < 4.78 is 6.08. The van der Waals surface area contributed by atoms with Crippen LogP contribution in [0.1, 0.15) is 21.7 Å². The van der Waals surface area contributed by atoms with E-state index in [1.54, 1.807) is 11.3 Å². The minimum Gasteiger partial charge on any atom is -0.489 e. The maximum absolute atomic E-state index is 9.56. The Morgan fingerprint density at radius 3 is 2.64 bits per heavy atom. The van der Waals surface area contributed by atoms with Crippen LogP contribution >= 0.6 is 35.3 Å². The molecule has 0 saturated heterocycles. The van der Waals surface area contributed by atoms with Crippen molar-refractivity contribution in [1.82, 2.24) is 15.0 Å². The number of benzene rings is 3. The lowest BCUT2D eigenvalue weighted by Crippen LogP contribution is -1.99. The van der Waals surface area contributed by atoms with E-state index in [1.807, 2.05) is 72.1 Å². The molecule has 5 rings (SSSR count). The van der Waals surface area contributed by atoms with E-state index in [-0.39, 0.29) is 19.0 Å². The van der Waals surface area contributed by atoms with Crippen molar-refractivity contribution in [1.29, 1.82) is 0 Å². The van der Waals surface area contributed by atoms with E-state index >= 15 is 0 Å². The van der Waals surface area contributed by atoms with E-state index < -0.39 is 0 Å². The number of halogens is 2. The molecule has 0 aliphatic carbocycles. The molecule has 0 unspecified atom stereocenters. The van der Waals surface area contributed by atoms with Gasteiger partial charge in [-0.25, -0.2) is 9.97 Å². The number of aliphatic hydroxyl groups is 1. The summed E-state index contributed by atoms with van der Waals surface area (Å²) in [6.07, 6.45) is 0.609. The van der Waals surface area contributed by atoms with Crippen molar-refractivity contribution in [2.24, 2.45) is 0 Å². The fraction of sp³-hybridized carbons (Fsp3) is 0.120. The molecule has 5 aromatic rings. The zero-order valence-corrected chi connectivity index (χ0v) is 19.9. The largest absolute Gasteiger partial charge is 0.489 e. The number of para-hydroxylation sites is 1. The Bertz CT molecular complexity index is 1370. The van der Waals surface area contributed by atoms with E-state index in [4.69, 9.17) is 21.3 Å². The highest BCUT2D eigenvalue weighted by molar-refractivity contribution is 7.10. The van der Waals surface area contributed by atoms with Crippen LogP contribution < -0.4 is 4.74 Å². The van der Waals surface area contributed by atoms with Gasteiger partial charge in [0, 0.05) is 28.0 Å². The second-order valence-corrected chi connectivity index (χ2v) is 8.77. The van der Waals surface area contributed by atoms with Crippen LogP contribution in [0.4, 0.5) is 0 Å². The van der Waals surface area contributed by atoms with Gasteiger partial charge in [-0.05, 0) is 29.8 Å². The van der Waals surface area contributed by atoms with Gasteiger partial charge in [0.25, 0.3) is 0 Å². The summed E-state index contributed by atoms with van der Waals surface area (Å²) in [5.74, 6) is 1.49. The van der Waals surface area contributed by atoms with Crippen LogP contribution in [-0.2, 0) is 19.6 Å². The zero-order chi connectivity index (χ0) is 21.9. The van der Waals surface area contributed by atoms with Gasteiger partial charge in [0.2, 0.25) is 0 Å². The van der Waals surface area contributed by atoms with Crippen molar-refractivity contribution in [3.63, 3.8) is 0 Å². The number of hydrogen-bond acceptors (Lipinski definition) is 5. The Balaban J connectivity index is 0.00000259. The highest BCUT2D eigenvalue weighted by Crippen LogP contribution is 2.29. The van der Waals surface area contributed by atoms with Crippen LogP contribution in [0.3, 0.4) is 0 Å². The van der Waals surface area contributed by atoms with Crippen molar-refractivity contribution in [3.8, 4) is 17.3 Å². The Kier molecular flexibility index (Phi) is 7.30. The van der Waals surface area contributed by atoms with Crippen molar-refractivity contribution >= 4 is 46.4 Å². The predicted molar refractivity (Wildman–Crippen MR) is 135 cm³/mol. The minimum absolute atomic E-state index is 0. The summed E-state index contributed by atoms with van der Waals surface area (Å²) in [5.41, 5.74) is 5.32. The summed E-state index contributed by atoms with van der Waals surface area (Å²) >= 11 is 7.84. The molecule has 0 bridgehead atoms. The van der Waals surface area contributed by atoms with Crippen LogP contribution in [0.5, 0.6) is 5.75 Å². The van der Waals surface area contributed by atoms with Crippen molar-refractivity contribution in [2.75, 3.05) is 0 Å². The van der Waals surface area contributed by atoms with Crippen molar-refractivity contribution < 1.29 is 9.84 Å². The fourth-order valence-electron chi connectivity index (χ4n) is 3.57. The molecule has 2 N–H and O–H groups in total. The van der Waals surface area contributed by atoms with Gasteiger partial charge in [-0.1, -0.05) is 54.1 Å². The Hall–Kier alpha value is -2.90. The molecule has 8 heteroatoms. The van der Waals surface area contributed by atoms with E-state index in [0.29, 0.717) is 23.9 Å². The summed E-state index contributed by atoms with van der Waals surface area (Å²) in [5, 5.41) is 13.1. The number of aromatic amines is 1. The number of nitrogens with zero attached hydrogens (tertiary/aromatic N) is 2. The molecule has 3 aromatic carbocycles. The number of ether oxygens (including phenoxy) is 1. The number of aliphatic hydroxyl groups excluding tert-OH is 1. The van der Waals surface area contributed by atoms with Crippen molar-refractivity contribution in [2.45, 2.75) is 19.6 Å². The topological polar surface area (TPSA) is 71.0 Å². The molecule has 168 valence electrons. The molecule has 33 heavy (non-hydrogen) atoms. The smallest absolute Gasteiger partial charge is 0.158 e. The number of aromatic nitrogens is 3. The number of thiazole rings is 1. The minimum atomic E-state index is -0.0511. The first-order chi connectivity index (χ1) is 15.7. The second kappa shape index (κ2) is 10.4. The Morgan fingerprint density at radius 1 is 0.970 bits per heavy atom. The number of hydrogen-bond donors (Lipinski definition) is 2. The van der Waals surface area contributed by atoms with Gasteiger partial charge in [0.15, 0.2) is 5.82 Å². The van der Waals surface area contributed by atoms with Crippen molar-refractivity contribution in [3.05, 3.63) is 98.8 Å². The molecule has 0 aliphatic heterocycles. The summed E-state index contributed by atoms with van der Waals surface area (Å²) in [6, 6.07) is 21.5. The molecule has 0 aliphatic rings. The molecule has 0 saturated carbocycles. The van der Waals surface area contributed by atoms with Crippen LogP contribution in [0.25, 0.3) is 22.6 Å². The second-order valence-electron chi connectivity index (χ2n) is 7.39. The normalized spacial score (nSPS) is 10.8. The van der Waals surface area contributed by atoms with Gasteiger partial charge in [0.1, 0.15) is 18.1 Å². The summed E-state index contributed by atoms with van der Waals surface area (Å²) in [4.78, 5) is 12.7. The molecule has 0 atom stereocenters. The van der Waals surface area contributed by atoms with Crippen LogP contribution in [0, 0.1) is 0 Å². The lowest BCUT2D eigenvalue weighted by molar-refractivity contribution is 0.283. The van der Waals surface area contributed by atoms with Crippen LogP contribution in [0.15, 0.2) is 72.1 Å². The SMILES string of the molecule is Cl.OCc1cccc2[nH]c(-c3csc(Cc4cc(Cl)ccc4OCc4ccccc4)n3)nc12. The van der Waals surface area contributed by atoms with Crippen LogP contribution in [0.2, 0.25) is 5.02 Å². The van der Waals surface area contributed by atoms with E-state index in [0.717, 1.165) is 44.2 Å². The van der Waals surface area contributed by atoms with E-state index in [9.17, 15) is 5.11 Å². The average Bonchev–Trinajstić information content (AvgIpc) is 3.46. The summed E-state index contributed by atoms with van der Waals surface area (Å²) in [6.45, 7) is 0.440. The number of rotatable bonds is 7. The standard InChI is InChI=1S/C25H20ClN3O2S.ClH/c26-19-9-10-22(31-14-16-5-2-1-3-6-16)18(11-19)12-23-27-21(15-32-23)25-28-20-8-4-7-17(13-30)24(20)29-25;/h1-11,15,30H,12-14H2,(H,28,29);1H. The number of nitrogens with one attached hydrogen (secondary N) is 1. The highest BCUT2D eigenvalue weighted by Gasteiger charge is 2.14. The van der Waals surface area contributed by atoms with Crippen LogP contribution in [-0.4, -0.2) is 20.1 Å². The number of H-pyrrole nitrogens is 1. The maximum Gasteiger partial charge on any atom is 0.158 e. The molecule has 0 radical (unpaired) electrons. The number of imidazole rings is 1. The lowest BCUT2D eigenvalue weighted by Gasteiger charge is -2.11. The van der Waals surface area contributed by atoms with Gasteiger partial charge >= 0.3 is 0 Å². The third kappa shape index (κ3) is 5.20. The molecular formula is C25H21Cl2N3O2S. The third-order valence-corrected chi connectivity index (χ3v) is 6.25. The van der Waals surface area contributed by atoms with E-state index in [2.05, 4.69) is 9.97 Å². The predicted octanol–water partition coefficient (Wildman–Crippen LogP) is 6.42. The Morgan fingerprint density at radius 2 is 1.82 bits per heavy atom.